The Morgan fingerprint density at radius 2 is 1.57 bits per heavy atom. The molecule has 152 valence electrons. The highest BCUT2D eigenvalue weighted by molar-refractivity contribution is 6.02. The van der Waals surface area contributed by atoms with Crippen molar-refractivity contribution in [1.29, 1.82) is 0 Å². The second kappa shape index (κ2) is 5.74. The molecule has 1 aromatic rings. The Balaban J connectivity index is 1.31. The fourth-order valence-electron chi connectivity index (χ4n) is 5.00. The van der Waals surface area contributed by atoms with Crippen molar-refractivity contribution in [3.8, 4) is 0 Å². The molecule has 1 heterocycles. The fourth-order valence-corrected chi connectivity index (χ4v) is 5.00. The summed E-state index contributed by atoms with van der Waals surface area (Å²) in [5.41, 5.74) is -1.21. The molecule has 28 heavy (non-hydrogen) atoms. The van der Waals surface area contributed by atoms with E-state index in [1.54, 1.807) is 4.90 Å². The second-order valence-corrected chi connectivity index (χ2v) is 9.66. The molecule has 2 bridgehead atoms. The van der Waals surface area contributed by atoms with Crippen LogP contribution in [0.25, 0.3) is 0 Å². The monoisotopic (exact) mass is 395 g/mol. The summed E-state index contributed by atoms with van der Waals surface area (Å²) in [7, 11) is 0. The maximum Gasteiger partial charge on any atom is 0.416 e. The maximum absolute atomic E-state index is 12.8. The highest BCUT2D eigenvalue weighted by atomic mass is 19.4. The minimum atomic E-state index is -4.40. The van der Waals surface area contributed by atoms with Gasteiger partial charge < -0.3 is 9.64 Å². The minimum Gasteiger partial charge on any atom is -0.444 e. The third-order valence-corrected chi connectivity index (χ3v) is 6.43. The summed E-state index contributed by atoms with van der Waals surface area (Å²) in [6.45, 7) is 6.80. The van der Waals surface area contributed by atoms with Gasteiger partial charge in [-0.15, -0.1) is 0 Å². The Labute approximate surface area is 162 Å². The number of carbonyl (C=O) groups is 2. The molecule has 0 aromatic heterocycles. The van der Waals surface area contributed by atoms with Crippen molar-refractivity contribution in [1.82, 2.24) is 4.90 Å². The van der Waals surface area contributed by atoms with Crippen LogP contribution in [0.4, 0.5) is 18.0 Å². The molecule has 4 nitrogen and oxygen atoms in total. The highest BCUT2D eigenvalue weighted by Gasteiger charge is 2.74. The number of nitrogens with zero attached hydrogens (tertiary/aromatic N) is 1. The molecule has 1 aliphatic heterocycles. The van der Waals surface area contributed by atoms with Crippen molar-refractivity contribution in [2.24, 2.45) is 16.7 Å². The molecule has 4 aliphatic rings. The lowest BCUT2D eigenvalue weighted by Crippen LogP contribution is -2.73. The number of alkyl halides is 3. The third-order valence-electron chi connectivity index (χ3n) is 6.43. The quantitative estimate of drug-likeness (QED) is 0.682. The number of Topliss-reactive ketones (excluding diaryl/α,β-unsaturated/α-hetero) is 1. The van der Waals surface area contributed by atoms with Crippen LogP contribution in [-0.2, 0) is 10.9 Å². The Bertz CT molecular complexity index is 797. The van der Waals surface area contributed by atoms with Gasteiger partial charge in [0.25, 0.3) is 0 Å². The Morgan fingerprint density at radius 3 is 2.04 bits per heavy atom. The topological polar surface area (TPSA) is 46.6 Å². The number of ketones is 1. The van der Waals surface area contributed by atoms with Gasteiger partial charge in [-0.3, -0.25) is 4.79 Å². The van der Waals surface area contributed by atoms with E-state index in [4.69, 9.17) is 4.74 Å². The van der Waals surface area contributed by atoms with E-state index in [0.717, 1.165) is 31.4 Å². The van der Waals surface area contributed by atoms with Gasteiger partial charge in [0.05, 0.1) is 5.56 Å². The Hall–Kier alpha value is -2.05. The zero-order chi connectivity index (χ0) is 20.5. The number of likely N-dealkylation sites (tertiary alicyclic amines) is 1. The lowest BCUT2D eigenvalue weighted by atomic mass is 9.30. The van der Waals surface area contributed by atoms with E-state index in [-0.39, 0.29) is 17.3 Å². The van der Waals surface area contributed by atoms with Crippen molar-refractivity contribution in [3.05, 3.63) is 35.4 Å². The van der Waals surface area contributed by atoms with E-state index in [9.17, 15) is 22.8 Å². The van der Waals surface area contributed by atoms with Gasteiger partial charge in [0.15, 0.2) is 5.78 Å². The molecule has 3 saturated carbocycles. The van der Waals surface area contributed by atoms with E-state index in [1.807, 2.05) is 20.8 Å². The molecule has 4 fully saturated rings. The van der Waals surface area contributed by atoms with E-state index >= 15 is 0 Å². The fraction of sp³-hybridized carbons (Fsp3) is 0.619. The summed E-state index contributed by atoms with van der Waals surface area (Å²) in [5, 5.41) is 0. The molecule has 0 atom stereocenters. The Morgan fingerprint density at radius 1 is 1.04 bits per heavy atom. The molecule has 0 N–H and O–H groups in total. The molecular weight excluding hydrogens is 371 g/mol. The first-order chi connectivity index (χ1) is 12.8. The summed E-state index contributed by atoms with van der Waals surface area (Å²) in [5.74, 6) is 0.328. The van der Waals surface area contributed by atoms with E-state index in [0.29, 0.717) is 24.6 Å². The van der Waals surface area contributed by atoms with Crippen LogP contribution in [0, 0.1) is 16.7 Å². The SMILES string of the molecule is CC(C)(C)OC(=O)N1CC(C23CC(C(=O)c4ccc(C(F)(F)F)cc4)(C2)C3)C1. The van der Waals surface area contributed by atoms with Gasteiger partial charge >= 0.3 is 12.3 Å². The van der Waals surface area contributed by atoms with Gasteiger partial charge in [-0.25, -0.2) is 4.79 Å². The third kappa shape index (κ3) is 2.99. The van der Waals surface area contributed by atoms with E-state index in [1.165, 1.54) is 12.1 Å². The lowest BCUT2D eigenvalue weighted by molar-refractivity contribution is -0.227. The molecule has 3 aliphatic carbocycles. The van der Waals surface area contributed by atoms with Gasteiger partial charge in [-0.05, 0) is 57.6 Å². The summed E-state index contributed by atoms with van der Waals surface area (Å²) in [6, 6.07) is 4.51. The van der Waals surface area contributed by atoms with Crippen molar-refractivity contribution in [2.75, 3.05) is 13.1 Å². The van der Waals surface area contributed by atoms with Gasteiger partial charge in [-0.1, -0.05) is 12.1 Å². The molecule has 1 aromatic carbocycles. The molecule has 0 radical (unpaired) electrons. The van der Waals surface area contributed by atoms with Crippen molar-refractivity contribution >= 4 is 11.9 Å². The number of rotatable bonds is 3. The average molecular weight is 395 g/mol. The summed E-state index contributed by atoms with van der Waals surface area (Å²) < 4.78 is 43.4. The number of carbonyl (C=O) groups excluding carboxylic acids is 2. The van der Waals surface area contributed by atoms with E-state index in [2.05, 4.69) is 0 Å². The van der Waals surface area contributed by atoms with Crippen molar-refractivity contribution in [3.63, 3.8) is 0 Å². The smallest absolute Gasteiger partial charge is 0.416 e. The minimum absolute atomic E-state index is 0.0496. The van der Waals surface area contributed by atoms with Crippen LogP contribution in [0.5, 0.6) is 0 Å². The predicted molar refractivity (Wildman–Crippen MR) is 95.8 cm³/mol. The standard InChI is InChI=1S/C21H24F3NO3/c1-18(2,3)28-17(27)25-8-15(9-25)19-10-20(11-19,12-19)16(26)13-4-6-14(7-5-13)21(22,23)24/h4-7,15H,8-12H2,1-3H3. The zero-order valence-corrected chi connectivity index (χ0v) is 16.2. The number of ether oxygens (including phenoxy) is 1. The van der Waals surface area contributed by atoms with Crippen LogP contribution in [0.1, 0.15) is 56.0 Å². The highest BCUT2D eigenvalue weighted by Crippen LogP contribution is 2.77. The van der Waals surface area contributed by atoms with Gasteiger partial charge in [0.2, 0.25) is 0 Å². The second-order valence-electron chi connectivity index (χ2n) is 9.66. The number of amides is 1. The number of hydrogen-bond donors (Lipinski definition) is 0. The van der Waals surface area contributed by atoms with Crippen LogP contribution >= 0.6 is 0 Å². The normalized spacial score (nSPS) is 29.4. The van der Waals surface area contributed by atoms with Crippen LogP contribution in [0.15, 0.2) is 24.3 Å². The van der Waals surface area contributed by atoms with Gasteiger partial charge in [0.1, 0.15) is 5.60 Å². The molecular formula is C21H24F3NO3. The maximum atomic E-state index is 12.8. The van der Waals surface area contributed by atoms with Crippen molar-refractivity contribution < 1.29 is 27.5 Å². The molecule has 1 amide bonds. The number of hydrogen-bond acceptors (Lipinski definition) is 3. The molecule has 7 heteroatoms. The lowest BCUT2D eigenvalue weighted by Gasteiger charge is -2.74. The van der Waals surface area contributed by atoms with Crippen molar-refractivity contribution in [2.45, 2.75) is 51.8 Å². The molecule has 5 rings (SSSR count). The van der Waals surface area contributed by atoms with Gasteiger partial charge in [-0.2, -0.15) is 13.2 Å². The first kappa shape index (κ1) is 19.3. The van der Waals surface area contributed by atoms with Crippen LogP contribution < -0.4 is 0 Å². The van der Waals surface area contributed by atoms with Crippen LogP contribution in [0.2, 0.25) is 0 Å². The van der Waals surface area contributed by atoms with Gasteiger partial charge in [0, 0.05) is 30.0 Å². The summed E-state index contributed by atoms with van der Waals surface area (Å²) in [4.78, 5) is 26.5. The van der Waals surface area contributed by atoms with E-state index < -0.39 is 22.8 Å². The van der Waals surface area contributed by atoms with Crippen LogP contribution in [0.3, 0.4) is 0 Å². The first-order valence-electron chi connectivity index (χ1n) is 9.54. The number of halogens is 3. The first-order valence-corrected chi connectivity index (χ1v) is 9.54. The predicted octanol–water partition coefficient (Wildman–Crippen LogP) is 4.93. The largest absolute Gasteiger partial charge is 0.444 e. The molecule has 0 unspecified atom stereocenters. The molecule has 0 spiro atoms. The summed E-state index contributed by atoms with van der Waals surface area (Å²) in [6.07, 6.45) is -2.39. The molecule has 1 saturated heterocycles. The zero-order valence-electron chi connectivity index (χ0n) is 16.2. The Kier molecular flexibility index (Phi) is 3.95. The number of benzene rings is 1. The van der Waals surface area contributed by atoms with Crippen LogP contribution in [-0.4, -0.2) is 35.5 Å². The summed E-state index contributed by atoms with van der Waals surface area (Å²) >= 11 is 0. The average Bonchev–Trinajstić information content (AvgIpc) is 2.43.